The molecular formula is C12H19N3O3. The van der Waals surface area contributed by atoms with Crippen LogP contribution in [0.25, 0.3) is 0 Å². The highest BCUT2D eigenvalue weighted by molar-refractivity contribution is 5.95. The number of nitrogens with two attached hydrogens (primary N) is 1. The molecule has 0 saturated heterocycles. The first-order valence-electron chi connectivity index (χ1n) is 5.73. The summed E-state index contributed by atoms with van der Waals surface area (Å²) in [5.74, 6) is 0.0642. The van der Waals surface area contributed by atoms with Gasteiger partial charge in [0.25, 0.3) is 5.91 Å². The highest BCUT2D eigenvalue weighted by Gasteiger charge is 2.18. The highest BCUT2D eigenvalue weighted by atomic mass is 16.5. The molecule has 0 aromatic carbocycles. The van der Waals surface area contributed by atoms with Crippen molar-refractivity contribution in [3.8, 4) is 5.88 Å². The fourth-order valence-electron chi connectivity index (χ4n) is 1.33. The molecule has 1 rings (SSSR count). The summed E-state index contributed by atoms with van der Waals surface area (Å²) in [7, 11) is 1.44. The Morgan fingerprint density at radius 2 is 2.28 bits per heavy atom. The zero-order valence-corrected chi connectivity index (χ0v) is 10.8. The van der Waals surface area contributed by atoms with Crippen molar-refractivity contribution in [3.63, 3.8) is 0 Å². The Morgan fingerprint density at radius 3 is 2.83 bits per heavy atom. The lowest BCUT2D eigenvalue weighted by atomic mass is 10.3. The first kappa shape index (κ1) is 14.4. The molecule has 1 aromatic rings. The molecule has 0 bridgehead atoms. The van der Waals surface area contributed by atoms with Crippen molar-refractivity contribution in [2.75, 3.05) is 19.0 Å². The SMILES string of the molecule is COC(CN)C(=O)Nc1cccnc1OC(C)C. The number of nitrogens with zero attached hydrogens (tertiary/aromatic N) is 1. The Bertz CT molecular complexity index is 392. The minimum atomic E-state index is -0.683. The summed E-state index contributed by atoms with van der Waals surface area (Å²) in [6.45, 7) is 3.89. The average Bonchev–Trinajstić information content (AvgIpc) is 2.32. The Morgan fingerprint density at radius 1 is 1.56 bits per heavy atom. The summed E-state index contributed by atoms with van der Waals surface area (Å²) >= 11 is 0. The standard InChI is InChI=1S/C12H19N3O3/c1-8(2)18-12-9(5-4-6-14-12)15-11(16)10(7-13)17-3/h4-6,8,10H,7,13H2,1-3H3,(H,15,16). The molecule has 1 atom stereocenters. The maximum Gasteiger partial charge on any atom is 0.254 e. The number of hydrogen-bond acceptors (Lipinski definition) is 5. The Balaban J connectivity index is 2.80. The van der Waals surface area contributed by atoms with Gasteiger partial charge in [-0.05, 0) is 26.0 Å². The molecule has 6 nitrogen and oxygen atoms in total. The Labute approximate surface area is 106 Å². The molecule has 0 fully saturated rings. The number of pyridine rings is 1. The normalized spacial score (nSPS) is 12.3. The molecule has 1 aromatic heterocycles. The van der Waals surface area contributed by atoms with Gasteiger partial charge in [-0.25, -0.2) is 4.98 Å². The zero-order chi connectivity index (χ0) is 13.5. The van der Waals surface area contributed by atoms with Gasteiger partial charge in [0, 0.05) is 19.9 Å². The maximum absolute atomic E-state index is 11.8. The molecule has 1 heterocycles. The number of ether oxygens (including phenoxy) is 2. The van der Waals surface area contributed by atoms with Crippen LogP contribution in [0.4, 0.5) is 5.69 Å². The van der Waals surface area contributed by atoms with Gasteiger partial charge in [0.1, 0.15) is 11.8 Å². The van der Waals surface area contributed by atoms with Gasteiger partial charge in [-0.15, -0.1) is 0 Å². The molecule has 3 N–H and O–H groups in total. The van der Waals surface area contributed by atoms with Crippen molar-refractivity contribution in [2.24, 2.45) is 5.73 Å². The Hall–Kier alpha value is -1.66. The van der Waals surface area contributed by atoms with E-state index in [-0.39, 0.29) is 18.6 Å². The van der Waals surface area contributed by atoms with E-state index < -0.39 is 6.10 Å². The second-order valence-electron chi connectivity index (χ2n) is 3.97. The topological polar surface area (TPSA) is 86.5 Å². The monoisotopic (exact) mass is 253 g/mol. The summed E-state index contributed by atoms with van der Waals surface area (Å²) in [5, 5.41) is 2.69. The van der Waals surface area contributed by atoms with Crippen LogP contribution in [0.3, 0.4) is 0 Å². The van der Waals surface area contributed by atoms with Crippen molar-refractivity contribution in [1.82, 2.24) is 4.98 Å². The number of carbonyl (C=O) groups excluding carboxylic acids is 1. The molecule has 0 radical (unpaired) electrons. The molecule has 100 valence electrons. The summed E-state index contributed by atoms with van der Waals surface area (Å²) in [5.41, 5.74) is 5.93. The van der Waals surface area contributed by atoms with Crippen molar-refractivity contribution in [1.29, 1.82) is 0 Å². The predicted octanol–water partition coefficient (Wildman–Crippen LogP) is 0.781. The van der Waals surface area contributed by atoms with Crippen molar-refractivity contribution >= 4 is 11.6 Å². The summed E-state index contributed by atoms with van der Waals surface area (Å²) in [6, 6.07) is 3.43. The second-order valence-corrected chi connectivity index (χ2v) is 3.97. The smallest absolute Gasteiger partial charge is 0.254 e. The summed E-state index contributed by atoms with van der Waals surface area (Å²) in [6.07, 6.45) is 0.893. The number of anilines is 1. The fraction of sp³-hybridized carbons (Fsp3) is 0.500. The molecule has 6 heteroatoms. The van der Waals surface area contributed by atoms with Gasteiger partial charge in [0.05, 0.1) is 6.10 Å². The Kier molecular flexibility index (Phi) is 5.54. The van der Waals surface area contributed by atoms with Gasteiger partial charge in [0.15, 0.2) is 0 Å². The van der Waals surface area contributed by atoms with E-state index in [2.05, 4.69) is 10.3 Å². The first-order valence-corrected chi connectivity index (χ1v) is 5.73. The van der Waals surface area contributed by atoms with Gasteiger partial charge in [-0.3, -0.25) is 4.79 Å². The minimum Gasteiger partial charge on any atom is -0.473 e. The summed E-state index contributed by atoms with van der Waals surface area (Å²) < 4.78 is 10.5. The van der Waals surface area contributed by atoms with Crippen LogP contribution >= 0.6 is 0 Å². The molecule has 0 aliphatic rings. The zero-order valence-electron chi connectivity index (χ0n) is 10.8. The summed E-state index contributed by atoms with van der Waals surface area (Å²) in [4.78, 5) is 15.9. The molecule has 0 saturated carbocycles. The number of nitrogens with one attached hydrogen (secondary N) is 1. The van der Waals surface area contributed by atoms with Gasteiger partial charge < -0.3 is 20.5 Å². The van der Waals surface area contributed by atoms with Crippen LogP contribution < -0.4 is 15.8 Å². The van der Waals surface area contributed by atoms with Crippen molar-refractivity contribution in [3.05, 3.63) is 18.3 Å². The van der Waals surface area contributed by atoms with E-state index in [4.69, 9.17) is 15.2 Å². The number of amides is 1. The quantitative estimate of drug-likeness (QED) is 0.782. The van der Waals surface area contributed by atoms with Gasteiger partial charge in [-0.1, -0.05) is 0 Å². The molecule has 0 aliphatic heterocycles. The van der Waals surface area contributed by atoms with E-state index >= 15 is 0 Å². The van der Waals surface area contributed by atoms with Crippen molar-refractivity contribution in [2.45, 2.75) is 26.1 Å². The lowest BCUT2D eigenvalue weighted by molar-refractivity contribution is -0.125. The number of rotatable bonds is 6. The van der Waals surface area contributed by atoms with E-state index in [1.165, 1.54) is 7.11 Å². The third-order valence-electron chi connectivity index (χ3n) is 2.17. The van der Waals surface area contributed by atoms with E-state index in [1.54, 1.807) is 18.3 Å². The number of methoxy groups -OCH3 is 1. The van der Waals surface area contributed by atoms with Crippen LogP contribution in [0.5, 0.6) is 5.88 Å². The third-order valence-corrected chi connectivity index (χ3v) is 2.17. The minimum absolute atomic E-state index is 0.0247. The largest absolute Gasteiger partial charge is 0.473 e. The molecule has 0 spiro atoms. The van der Waals surface area contributed by atoms with E-state index in [9.17, 15) is 4.79 Å². The van der Waals surface area contributed by atoms with Crippen LogP contribution in [-0.2, 0) is 9.53 Å². The van der Waals surface area contributed by atoms with E-state index in [1.807, 2.05) is 13.8 Å². The predicted molar refractivity (Wildman–Crippen MR) is 68.5 cm³/mol. The first-order chi connectivity index (χ1) is 8.58. The molecule has 18 heavy (non-hydrogen) atoms. The van der Waals surface area contributed by atoms with E-state index in [0.717, 1.165) is 0 Å². The van der Waals surface area contributed by atoms with Crippen LogP contribution in [0.2, 0.25) is 0 Å². The van der Waals surface area contributed by atoms with Gasteiger partial charge in [0.2, 0.25) is 5.88 Å². The molecule has 1 unspecified atom stereocenters. The van der Waals surface area contributed by atoms with Crippen LogP contribution in [0.1, 0.15) is 13.8 Å². The maximum atomic E-state index is 11.8. The highest BCUT2D eigenvalue weighted by Crippen LogP contribution is 2.21. The van der Waals surface area contributed by atoms with Crippen LogP contribution in [0, 0.1) is 0 Å². The number of carbonyl (C=O) groups is 1. The number of aromatic nitrogens is 1. The van der Waals surface area contributed by atoms with Crippen LogP contribution in [0.15, 0.2) is 18.3 Å². The number of hydrogen-bond donors (Lipinski definition) is 2. The fourth-order valence-corrected chi connectivity index (χ4v) is 1.33. The van der Waals surface area contributed by atoms with Crippen LogP contribution in [-0.4, -0.2) is 36.8 Å². The average molecular weight is 253 g/mol. The lowest BCUT2D eigenvalue weighted by Crippen LogP contribution is -2.36. The van der Waals surface area contributed by atoms with Crippen molar-refractivity contribution < 1.29 is 14.3 Å². The lowest BCUT2D eigenvalue weighted by Gasteiger charge is -2.16. The van der Waals surface area contributed by atoms with Gasteiger partial charge in [-0.2, -0.15) is 0 Å². The second kappa shape index (κ2) is 6.93. The van der Waals surface area contributed by atoms with Gasteiger partial charge >= 0.3 is 0 Å². The van der Waals surface area contributed by atoms with E-state index in [0.29, 0.717) is 11.6 Å². The molecule has 1 amide bonds. The molecule has 0 aliphatic carbocycles. The molecular weight excluding hydrogens is 234 g/mol. The third kappa shape index (κ3) is 3.97.